The van der Waals surface area contributed by atoms with Crippen molar-refractivity contribution in [2.24, 2.45) is 5.73 Å². The van der Waals surface area contributed by atoms with Crippen LogP contribution in [0, 0.1) is 0 Å². The third-order valence-corrected chi connectivity index (χ3v) is 2.36. The molecule has 0 aromatic heterocycles. The molecular formula is C11H14BrNO. The lowest BCUT2D eigenvalue weighted by molar-refractivity contribution is 0.346. The van der Waals surface area contributed by atoms with E-state index in [2.05, 4.69) is 22.5 Å². The van der Waals surface area contributed by atoms with Crippen LogP contribution < -0.4 is 10.5 Å². The number of halogens is 1. The van der Waals surface area contributed by atoms with Crippen LogP contribution in [0.2, 0.25) is 0 Å². The molecule has 1 rings (SSSR count). The van der Waals surface area contributed by atoms with E-state index in [1.165, 1.54) is 0 Å². The van der Waals surface area contributed by atoms with Gasteiger partial charge in [-0.3, -0.25) is 0 Å². The highest BCUT2D eigenvalue weighted by Gasteiger charge is 2.06. The quantitative estimate of drug-likeness (QED) is 0.840. The number of ether oxygens (including phenoxy) is 1. The summed E-state index contributed by atoms with van der Waals surface area (Å²) in [4.78, 5) is 0. The first-order chi connectivity index (χ1) is 6.65. The molecular weight excluding hydrogens is 242 g/mol. The van der Waals surface area contributed by atoms with E-state index in [4.69, 9.17) is 10.5 Å². The van der Waals surface area contributed by atoms with Crippen molar-refractivity contribution < 1.29 is 4.74 Å². The van der Waals surface area contributed by atoms with Crippen molar-refractivity contribution in [3.8, 4) is 5.75 Å². The van der Waals surface area contributed by atoms with Crippen LogP contribution in [0.3, 0.4) is 0 Å². The molecule has 76 valence electrons. The van der Waals surface area contributed by atoms with Crippen LogP contribution in [-0.2, 0) is 6.54 Å². The van der Waals surface area contributed by atoms with E-state index >= 15 is 0 Å². The van der Waals surface area contributed by atoms with Gasteiger partial charge in [0.2, 0.25) is 0 Å². The van der Waals surface area contributed by atoms with Gasteiger partial charge < -0.3 is 10.5 Å². The van der Waals surface area contributed by atoms with Gasteiger partial charge >= 0.3 is 0 Å². The molecule has 0 radical (unpaired) electrons. The largest absolute Gasteiger partial charge is 0.488 e. The van der Waals surface area contributed by atoms with E-state index < -0.39 is 0 Å². The highest BCUT2D eigenvalue weighted by molar-refractivity contribution is 9.10. The van der Waals surface area contributed by atoms with Crippen LogP contribution >= 0.6 is 15.9 Å². The zero-order valence-electron chi connectivity index (χ0n) is 8.22. The molecule has 0 atom stereocenters. The molecule has 0 spiro atoms. The smallest absolute Gasteiger partial charge is 0.138 e. The maximum absolute atomic E-state index is 5.60. The van der Waals surface area contributed by atoms with Gasteiger partial charge in [-0.25, -0.2) is 0 Å². The molecule has 0 aliphatic rings. The summed E-state index contributed by atoms with van der Waals surface area (Å²) in [6.45, 7) is 6.71. The lowest BCUT2D eigenvalue weighted by Gasteiger charge is -2.11. The highest BCUT2D eigenvalue weighted by Crippen LogP contribution is 2.28. The van der Waals surface area contributed by atoms with Crippen molar-refractivity contribution in [2.45, 2.75) is 13.5 Å². The van der Waals surface area contributed by atoms with Crippen LogP contribution in [0.25, 0.3) is 0 Å². The van der Waals surface area contributed by atoms with Gasteiger partial charge in [0.15, 0.2) is 0 Å². The summed E-state index contributed by atoms with van der Waals surface area (Å²) in [5, 5.41) is 0. The van der Waals surface area contributed by atoms with Crippen molar-refractivity contribution in [3.05, 3.63) is 40.4 Å². The van der Waals surface area contributed by atoms with Gasteiger partial charge in [-0.05, 0) is 34.5 Å². The Balaban J connectivity index is 2.87. The van der Waals surface area contributed by atoms with Crippen LogP contribution in [0.1, 0.15) is 12.5 Å². The summed E-state index contributed by atoms with van der Waals surface area (Å²) >= 11 is 3.43. The average Bonchev–Trinajstić information content (AvgIpc) is 2.15. The number of nitrogens with two attached hydrogens (primary N) is 1. The minimum Gasteiger partial charge on any atom is -0.488 e. The van der Waals surface area contributed by atoms with E-state index in [0.717, 1.165) is 21.4 Å². The monoisotopic (exact) mass is 255 g/mol. The summed E-state index contributed by atoms with van der Waals surface area (Å²) < 4.78 is 6.53. The third kappa shape index (κ3) is 2.86. The molecule has 0 fully saturated rings. The Morgan fingerprint density at radius 2 is 2.29 bits per heavy atom. The predicted molar refractivity (Wildman–Crippen MR) is 62.3 cm³/mol. The Morgan fingerprint density at radius 3 is 2.86 bits per heavy atom. The predicted octanol–water partition coefficient (Wildman–Crippen LogP) is 2.86. The molecule has 0 bridgehead atoms. The maximum Gasteiger partial charge on any atom is 0.138 e. The van der Waals surface area contributed by atoms with Crippen LogP contribution in [-0.4, -0.2) is 6.61 Å². The second-order valence-electron chi connectivity index (χ2n) is 3.18. The molecule has 0 heterocycles. The van der Waals surface area contributed by atoms with E-state index in [9.17, 15) is 0 Å². The molecule has 2 nitrogen and oxygen atoms in total. The lowest BCUT2D eigenvalue weighted by atomic mass is 10.2. The highest BCUT2D eigenvalue weighted by atomic mass is 79.9. The Morgan fingerprint density at radius 1 is 1.57 bits per heavy atom. The van der Waals surface area contributed by atoms with E-state index in [1.807, 2.05) is 25.1 Å². The van der Waals surface area contributed by atoms with E-state index in [1.54, 1.807) is 0 Å². The molecule has 0 saturated carbocycles. The summed E-state index contributed by atoms with van der Waals surface area (Å²) in [5.74, 6) is 0.818. The summed E-state index contributed by atoms with van der Waals surface area (Å²) in [5.41, 5.74) is 7.59. The fourth-order valence-electron chi connectivity index (χ4n) is 1.07. The van der Waals surface area contributed by atoms with Gasteiger partial charge in [0, 0.05) is 12.1 Å². The van der Waals surface area contributed by atoms with Crippen molar-refractivity contribution in [1.82, 2.24) is 0 Å². The maximum atomic E-state index is 5.60. The van der Waals surface area contributed by atoms with E-state index in [-0.39, 0.29) is 0 Å². The fourth-order valence-corrected chi connectivity index (χ4v) is 1.59. The Labute approximate surface area is 92.9 Å². The Kier molecular flexibility index (Phi) is 4.17. The summed E-state index contributed by atoms with van der Waals surface area (Å²) in [6, 6.07) is 5.84. The SMILES string of the molecule is C=C(C)COc1c(Br)cccc1CN. The second-order valence-corrected chi connectivity index (χ2v) is 4.03. The molecule has 0 unspecified atom stereocenters. The third-order valence-electron chi connectivity index (χ3n) is 1.73. The standard InChI is InChI=1S/C11H14BrNO/c1-8(2)7-14-11-9(6-13)4-3-5-10(11)12/h3-5H,1,6-7,13H2,2H3. The van der Waals surface area contributed by atoms with Gasteiger partial charge in [-0.15, -0.1) is 0 Å². The molecule has 3 heteroatoms. The molecule has 0 aliphatic heterocycles. The van der Waals surface area contributed by atoms with Crippen LogP contribution in [0.5, 0.6) is 5.75 Å². The molecule has 14 heavy (non-hydrogen) atoms. The molecule has 1 aromatic carbocycles. The first-order valence-electron chi connectivity index (χ1n) is 4.39. The van der Waals surface area contributed by atoms with Crippen LogP contribution in [0.4, 0.5) is 0 Å². The van der Waals surface area contributed by atoms with E-state index in [0.29, 0.717) is 13.2 Å². The van der Waals surface area contributed by atoms with Gasteiger partial charge in [-0.2, -0.15) is 0 Å². The van der Waals surface area contributed by atoms with Crippen molar-refractivity contribution in [1.29, 1.82) is 0 Å². The fraction of sp³-hybridized carbons (Fsp3) is 0.273. The minimum atomic E-state index is 0.477. The molecule has 1 aromatic rings. The number of rotatable bonds is 4. The van der Waals surface area contributed by atoms with Crippen molar-refractivity contribution in [2.75, 3.05) is 6.61 Å². The zero-order chi connectivity index (χ0) is 10.6. The minimum absolute atomic E-state index is 0.477. The second kappa shape index (κ2) is 5.17. The normalized spacial score (nSPS) is 9.93. The molecule has 0 aliphatic carbocycles. The number of hydrogen-bond donors (Lipinski definition) is 1. The Hall–Kier alpha value is -0.800. The lowest BCUT2D eigenvalue weighted by Crippen LogP contribution is -2.04. The zero-order valence-corrected chi connectivity index (χ0v) is 9.80. The number of benzene rings is 1. The topological polar surface area (TPSA) is 35.2 Å². The number of para-hydroxylation sites is 1. The Bertz CT molecular complexity index is 336. The molecule has 0 saturated heterocycles. The summed E-state index contributed by atoms with van der Waals surface area (Å²) in [7, 11) is 0. The van der Waals surface area contributed by atoms with Gasteiger partial charge in [0.05, 0.1) is 4.47 Å². The first-order valence-corrected chi connectivity index (χ1v) is 5.19. The average molecular weight is 256 g/mol. The first kappa shape index (κ1) is 11.3. The number of hydrogen-bond acceptors (Lipinski definition) is 2. The van der Waals surface area contributed by atoms with Crippen molar-refractivity contribution in [3.63, 3.8) is 0 Å². The van der Waals surface area contributed by atoms with Gasteiger partial charge in [-0.1, -0.05) is 18.7 Å². The van der Waals surface area contributed by atoms with Crippen molar-refractivity contribution >= 4 is 15.9 Å². The summed E-state index contributed by atoms with van der Waals surface area (Å²) in [6.07, 6.45) is 0. The molecule has 2 N–H and O–H groups in total. The molecule has 0 amide bonds. The van der Waals surface area contributed by atoms with Crippen LogP contribution in [0.15, 0.2) is 34.8 Å². The van der Waals surface area contributed by atoms with Gasteiger partial charge in [0.1, 0.15) is 12.4 Å². The van der Waals surface area contributed by atoms with Gasteiger partial charge in [0.25, 0.3) is 0 Å².